The monoisotopic (exact) mass is 202 g/mol. The lowest BCUT2D eigenvalue weighted by Crippen LogP contribution is -2.33. The molecule has 0 aromatic rings. The van der Waals surface area contributed by atoms with Gasteiger partial charge in [-0.15, -0.1) is 0 Å². The van der Waals surface area contributed by atoms with E-state index >= 15 is 0 Å². The van der Waals surface area contributed by atoms with Crippen LogP contribution in [0.25, 0.3) is 0 Å². The zero-order valence-corrected chi connectivity index (χ0v) is 9.12. The van der Waals surface area contributed by atoms with E-state index in [0.717, 1.165) is 6.42 Å². The molecule has 0 aliphatic carbocycles. The molecule has 0 aromatic carbocycles. The van der Waals surface area contributed by atoms with Crippen LogP contribution in [0.2, 0.25) is 0 Å². The molecule has 2 unspecified atom stereocenters. The van der Waals surface area contributed by atoms with Gasteiger partial charge in [-0.2, -0.15) is 0 Å². The van der Waals surface area contributed by atoms with Gasteiger partial charge in [0, 0.05) is 13.0 Å². The highest BCUT2D eigenvalue weighted by molar-refractivity contribution is 5.76. The van der Waals surface area contributed by atoms with E-state index in [1.165, 1.54) is 0 Å². The van der Waals surface area contributed by atoms with Crippen molar-refractivity contribution in [1.29, 1.82) is 0 Å². The highest BCUT2D eigenvalue weighted by Crippen LogP contribution is 2.05. The van der Waals surface area contributed by atoms with Crippen LogP contribution in [0.1, 0.15) is 33.1 Å². The van der Waals surface area contributed by atoms with E-state index in [-0.39, 0.29) is 11.8 Å². The summed E-state index contributed by atoms with van der Waals surface area (Å²) in [5.74, 6) is 0.239. The van der Waals surface area contributed by atoms with E-state index in [2.05, 4.69) is 5.32 Å². The van der Waals surface area contributed by atoms with Crippen molar-refractivity contribution in [3.05, 3.63) is 0 Å². The Morgan fingerprint density at radius 1 is 1.43 bits per heavy atom. The third kappa shape index (κ3) is 5.94. The second-order valence-corrected chi connectivity index (χ2v) is 3.58. The Balaban J connectivity index is 3.64. The van der Waals surface area contributed by atoms with E-state index in [9.17, 15) is 9.90 Å². The Kier molecular flexibility index (Phi) is 7.42. The number of nitrogens with one attached hydrogen (secondary N) is 1. The van der Waals surface area contributed by atoms with Crippen LogP contribution in [-0.4, -0.2) is 30.2 Å². The van der Waals surface area contributed by atoms with Gasteiger partial charge in [-0.25, -0.2) is 0 Å². The van der Waals surface area contributed by atoms with Crippen LogP contribution in [0.3, 0.4) is 0 Å². The van der Waals surface area contributed by atoms with Crippen LogP contribution in [0.5, 0.6) is 0 Å². The zero-order valence-electron chi connectivity index (χ0n) is 9.12. The topological polar surface area (TPSA) is 75.3 Å². The summed E-state index contributed by atoms with van der Waals surface area (Å²) >= 11 is 0. The SMILES string of the molecule is CCC(O)CNC(=O)CC(CC)CN. The minimum absolute atomic E-state index is 0.0187. The summed E-state index contributed by atoms with van der Waals surface area (Å²) in [6.45, 7) is 4.79. The predicted octanol–water partition coefficient (Wildman–Crippen LogP) is 0.249. The smallest absolute Gasteiger partial charge is 0.220 e. The van der Waals surface area contributed by atoms with Crippen molar-refractivity contribution in [3.63, 3.8) is 0 Å². The lowest BCUT2D eigenvalue weighted by Gasteiger charge is -2.13. The zero-order chi connectivity index (χ0) is 11.0. The molecular formula is C10H22N2O2. The molecule has 0 radical (unpaired) electrons. The first-order valence-electron chi connectivity index (χ1n) is 5.28. The van der Waals surface area contributed by atoms with Gasteiger partial charge in [-0.3, -0.25) is 4.79 Å². The van der Waals surface area contributed by atoms with Gasteiger partial charge in [-0.05, 0) is 18.9 Å². The third-order valence-electron chi connectivity index (χ3n) is 2.39. The minimum atomic E-state index is -0.433. The standard InChI is InChI=1S/C10H22N2O2/c1-3-8(6-11)5-10(14)12-7-9(13)4-2/h8-9,13H,3-7,11H2,1-2H3,(H,12,14). The van der Waals surface area contributed by atoms with Crippen molar-refractivity contribution in [3.8, 4) is 0 Å². The second kappa shape index (κ2) is 7.76. The number of hydrogen-bond acceptors (Lipinski definition) is 3. The number of hydrogen-bond donors (Lipinski definition) is 3. The normalized spacial score (nSPS) is 14.9. The molecule has 0 spiro atoms. The van der Waals surface area contributed by atoms with Crippen LogP contribution in [0, 0.1) is 5.92 Å². The van der Waals surface area contributed by atoms with Crippen LogP contribution in [0.15, 0.2) is 0 Å². The summed E-state index contributed by atoms with van der Waals surface area (Å²) in [5.41, 5.74) is 5.48. The summed E-state index contributed by atoms with van der Waals surface area (Å²) in [5, 5.41) is 11.9. The van der Waals surface area contributed by atoms with Crippen LogP contribution in [-0.2, 0) is 4.79 Å². The highest BCUT2D eigenvalue weighted by atomic mass is 16.3. The molecule has 1 amide bonds. The Morgan fingerprint density at radius 2 is 2.07 bits per heavy atom. The van der Waals surface area contributed by atoms with Crippen LogP contribution < -0.4 is 11.1 Å². The second-order valence-electron chi connectivity index (χ2n) is 3.58. The van der Waals surface area contributed by atoms with Crippen LogP contribution >= 0.6 is 0 Å². The molecule has 0 aliphatic heterocycles. The lowest BCUT2D eigenvalue weighted by molar-refractivity contribution is -0.122. The molecule has 0 heterocycles. The fourth-order valence-corrected chi connectivity index (χ4v) is 1.10. The third-order valence-corrected chi connectivity index (χ3v) is 2.39. The van der Waals surface area contributed by atoms with Gasteiger partial charge in [0.05, 0.1) is 6.10 Å². The number of amides is 1. The van der Waals surface area contributed by atoms with Gasteiger partial charge in [0.1, 0.15) is 0 Å². The molecule has 0 bridgehead atoms. The first-order valence-corrected chi connectivity index (χ1v) is 5.28. The highest BCUT2D eigenvalue weighted by Gasteiger charge is 2.10. The molecular weight excluding hydrogens is 180 g/mol. The Morgan fingerprint density at radius 3 is 2.50 bits per heavy atom. The summed E-state index contributed by atoms with van der Waals surface area (Å²) < 4.78 is 0. The van der Waals surface area contributed by atoms with Gasteiger partial charge < -0.3 is 16.2 Å². The molecule has 0 aliphatic rings. The van der Waals surface area contributed by atoms with E-state index in [1.54, 1.807) is 0 Å². The van der Waals surface area contributed by atoms with Gasteiger partial charge in [0.15, 0.2) is 0 Å². The molecule has 0 saturated carbocycles. The first kappa shape index (κ1) is 13.4. The van der Waals surface area contributed by atoms with Crippen molar-refractivity contribution >= 4 is 5.91 Å². The fourth-order valence-electron chi connectivity index (χ4n) is 1.10. The number of carbonyl (C=O) groups is 1. The average molecular weight is 202 g/mol. The fraction of sp³-hybridized carbons (Fsp3) is 0.900. The molecule has 4 heteroatoms. The molecule has 84 valence electrons. The molecule has 0 aromatic heterocycles. The van der Waals surface area contributed by atoms with Gasteiger partial charge in [0.25, 0.3) is 0 Å². The number of carbonyl (C=O) groups excluding carboxylic acids is 1. The maximum absolute atomic E-state index is 11.3. The largest absolute Gasteiger partial charge is 0.391 e. The first-order chi connectivity index (χ1) is 6.63. The van der Waals surface area contributed by atoms with Crippen molar-refractivity contribution in [1.82, 2.24) is 5.32 Å². The van der Waals surface area contributed by atoms with Crippen molar-refractivity contribution in [2.45, 2.75) is 39.2 Å². The lowest BCUT2D eigenvalue weighted by atomic mass is 10.0. The predicted molar refractivity (Wildman–Crippen MR) is 56.8 cm³/mol. The summed E-state index contributed by atoms with van der Waals surface area (Å²) in [4.78, 5) is 11.3. The van der Waals surface area contributed by atoms with Gasteiger partial charge >= 0.3 is 0 Å². The van der Waals surface area contributed by atoms with Crippen molar-refractivity contribution in [2.24, 2.45) is 11.7 Å². The maximum atomic E-state index is 11.3. The summed E-state index contributed by atoms with van der Waals surface area (Å²) in [6.07, 6.45) is 1.61. The average Bonchev–Trinajstić information content (AvgIpc) is 2.22. The van der Waals surface area contributed by atoms with Crippen molar-refractivity contribution < 1.29 is 9.90 Å². The molecule has 0 rings (SSSR count). The van der Waals surface area contributed by atoms with Gasteiger partial charge in [-0.1, -0.05) is 20.3 Å². The number of nitrogens with two attached hydrogens (primary N) is 1. The molecule has 0 fully saturated rings. The number of aliphatic hydroxyl groups is 1. The Labute approximate surface area is 85.9 Å². The minimum Gasteiger partial charge on any atom is -0.391 e. The quantitative estimate of drug-likeness (QED) is 0.554. The molecule has 0 saturated heterocycles. The van der Waals surface area contributed by atoms with Crippen LogP contribution in [0.4, 0.5) is 0 Å². The van der Waals surface area contributed by atoms with E-state index in [4.69, 9.17) is 5.73 Å². The molecule has 4 N–H and O–H groups in total. The van der Waals surface area contributed by atoms with E-state index < -0.39 is 6.10 Å². The molecule has 14 heavy (non-hydrogen) atoms. The number of rotatable bonds is 7. The molecule has 4 nitrogen and oxygen atoms in total. The Hall–Kier alpha value is -0.610. The summed E-state index contributed by atoms with van der Waals surface area (Å²) in [6, 6.07) is 0. The van der Waals surface area contributed by atoms with E-state index in [0.29, 0.717) is 25.9 Å². The number of aliphatic hydroxyl groups excluding tert-OH is 1. The summed E-state index contributed by atoms with van der Waals surface area (Å²) in [7, 11) is 0. The maximum Gasteiger partial charge on any atom is 0.220 e. The Bertz CT molecular complexity index is 158. The van der Waals surface area contributed by atoms with Crippen molar-refractivity contribution in [2.75, 3.05) is 13.1 Å². The van der Waals surface area contributed by atoms with E-state index in [1.807, 2.05) is 13.8 Å². The molecule has 2 atom stereocenters. The van der Waals surface area contributed by atoms with Gasteiger partial charge in [0.2, 0.25) is 5.91 Å².